The molecule has 0 saturated heterocycles. The molecule has 1 aromatic heterocycles. The molecule has 0 spiro atoms. The van der Waals surface area contributed by atoms with E-state index in [4.69, 9.17) is 4.74 Å². The number of rotatable bonds is 5. The maximum absolute atomic E-state index is 11.2. The van der Waals surface area contributed by atoms with Crippen LogP contribution in [0, 0.1) is 13.8 Å². The van der Waals surface area contributed by atoms with Crippen molar-refractivity contribution >= 4 is 17.3 Å². The molecule has 2 aromatic rings. The van der Waals surface area contributed by atoms with E-state index in [0.29, 0.717) is 12.4 Å². The Morgan fingerprint density at radius 3 is 2.70 bits per heavy atom. The molecule has 1 heterocycles. The number of carboxylic acids is 1. The highest BCUT2D eigenvalue weighted by Gasteiger charge is 2.16. The molecular weight excluding hydrogens is 272 g/mol. The molecule has 106 valence electrons. The van der Waals surface area contributed by atoms with E-state index in [9.17, 15) is 9.90 Å². The van der Waals surface area contributed by atoms with Gasteiger partial charge in [-0.2, -0.15) is 0 Å². The van der Waals surface area contributed by atoms with Crippen LogP contribution in [-0.4, -0.2) is 11.1 Å². The molecule has 0 aliphatic rings. The monoisotopic (exact) mass is 290 g/mol. The van der Waals surface area contributed by atoms with Gasteiger partial charge in [0.15, 0.2) is 4.88 Å². The van der Waals surface area contributed by atoms with Gasteiger partial charge >= 0.3 is 5.97 Å². The number of aryl methyl sites for hydroxylation is 3. The largest absolute Gasteiger partial charge is 0.487 e. The fraction of sp³-hybridized carbons (Fsp3) is 0.312. The summed E-state index contributed by atoms with van der Waals surface area (Å²) in [5.41, 5.74) is 3.41. The van der Waals surface area contributed by atoms with Crippen LogP contribution in [0.5, 0.6) is 5.75 Å². The van der Waals surface area contributed by atoms with Gasteiger partial charge in [-0.25, -0.2) is 4.79 Å². The summed E-state index contributed by atoms with van der Waals surface area (Å²) in [7, 11) is 0. The van der Waals surface area contributed by atoms with Gasteiger partial charge in [0.1, 0.15) is 12.4 Å². The van der Waals surface area contributed by atoms with Crippen LogP contribution in [0.4, 0.5) is 0 Å². The molecule has 0 saturated carbocycles. The second kappa shape index (κ2) is 6.09. The standard InChI is InChI=1S/C16H18O3S/c1-4-13-8-14(15(20-13)16(17)18)19-9-12-7-10(2)5-6-11(12)3/h5-8H,4,9H2,1-3H3,(H,17,18). The van der Waals surface area contributed by atoms with E-state index in [2.05, 4.69) is 18.2 Å². The van der Waals surface area contributed by atoms with Crippen molar-refractivity contribution < 1.29 is 14.6 Å². The third-order valence-electron chi connectivity index (χ3n) is 3.18. The van der Waals surface area contributed by atoms with E-state index in [-0.39, 0.29) is 4.88 Å². The third-order valence-corrected chi connectivity index (χ3v) is 4.43. The minimum Gasteiger partial charge on any atom is -0.487 e. The first-order valence-electron chi connectivity index (χ1n) is 6.56. The van der Waals surface area contributed by atoms with Crippen LogP contribution < -0.4 is 4.74 Å². The highest BCUT2D eigenvalue weighted by Crippen LogP contribution is 2.30. The normalized spacial score (nSPS) is 10.6. The molecule has 4 heteroatoms. The van der Waals surface area contributed by atoms with Crippen LogP contribution in [0.15, 0.2) is 24.3 Å². The van der Waals surface area contributed by atoms with Gasteiger partial charge in [-0.15, -0.1) is 11.3 Å². The van der Waals surface area contributed by atoms with Gasteiger partial charge < -0.3 is 9.84 Å². The van der Waals surface area contributed by atoms with Crippen molar-refractivity contribution in [3.05, 3.63) is 50.7 Å². The van der Waals surface area contributed by atoms with E-state index < -0.39 is 5.97 Å². The van der Waals surface area contributed by atoms with Crippen LogP contribution in [0.3, 0.4) is 0 Å². The molecule has 0 aliphatic carbocycles. The van der Waals surface area contributed by atoms with Crippen molar-refractivity contribution in [2.75, 3.05) is 0 Å². The molecule has 0 amide bonds. The molecule has 0 atom stereocenters. The summed E-state index contributed by atoms with van der Waals surface area (Å²) in [5, 5.41) is 9.20. The lowest BCUT2D eigenvalue weighted by molar-refractivity contribution is 0.0697. The zero-order chi connectivity index (χ0) is 14.7. The lowest BCUT2D eigenvalue weighted by atomic mass is 10.1. The number of thiophene rings is 1. The first kappa shape index (κ1) is 14.6. The maximum Gasteiger partial charge on any atom is 0.349 e. The van der Waals surface area contributed by atoms with Crippen molar-refractivity contribution in [1.29, 1.82) is 0 Å². The molecule has 2 rings (SSSR count). The van der Waals surface area contributed by atoms with E-state index in [0.717, 1.165) is 22.4 Å². The zero-order valence-electron chi connectivity index (χ0n) is 11.9. The van der Waals surface area contributed by atoms with Gasteiger partial charge in [0.25, 0.3) is 0 Å². The third kappa shape index (κ3) is 3.20. The Balaban J connectivity index is 2.20. The first-order valence-corrected chi connectivity index (χ1v) is 7.37. The van der Waals surface area contributed by atoms with Gasteiger partial charge in [-0.05, 0) is 37.5 Å². The topological polar surface area (TPSA) is 46.5 Å². The minimum absolute atomic E-state index is 0.284. The van der Waals surface area contributed by atoms with Crippen LogP contribution in [0.1, 0.15) is 38.2 Å². The van der Waals surface area contributed by atoms with Crippen LogP contribution in [0.25, 0.3) is 0 Å². The van der Waals surface area contributed by atoms with Crippen molar-refractivity contribution in [2.24, 2.45) is 0 Å². The van der Waals surface area contributed by atoms with Crippen molar-refractivity contribution in [1.82, 2.24) is 0 Å². The van der Waals surface area contributed by atoms with Crippen molar-refractivity contribution in [3.8, 4) is 5.75 Å². The molecule has 0 aliphatic heterocycles. The summed E-state index contributed by atoms with van der Waals surface area (Å²) in [6.45, 7) is 6.46. The average Bonchev–Trinajstić information content (AvgIpc) is 2.83. The quantitative estimate of drug-likeness (QED) is 0.897. The van der Waals surface area contributed by atoms with Crippen LogP contribution in [-0.2, 0) is 13.0 Å². The lowest BCUT2D eigenvalue weighted by Crippen LogP contribution is -2.01. The van der Waals surface area contributed by atoms with E-state index in [1.165, 1.54) is 16.9 Å². The van der Waals surface area contributed by atoms with E-state index in [1.807, 2.05) is 26.8 Å². The van der Waals surface area contributed by atoms with Crippen molar-refractivity contribution in [2.45, 2.75) is 33.8 Å². The number of carbonyl (C=O) groups is 1. The summed E-state index contributed by atoms with van der Waals surface area (Å²) in [6, 6.07) is 8.01. The van der Waals surface area contributed by atoms with E-state index in [1.54, 1.807) is 0 Å². The summed E-state index contributed by atoms with van der Waals surface area (Å²) in [6.07, 6.45) is 0.817. The molecule has 1 aromatic carbocycles. The van der Waals surface area contributed by atoms with E-state index >= 15 is 0 Å². The Hall–Kier alpha value is -1.81. The number of carboxylic acid groups (broad SMARTS) is 1. The highest BCUT2D eigenvalue weighted by molar-refractivity contribution is 7.14. The number of hydrogen-bond acceptors (Lipinski definition) is 3. The molecule has 0 fully saturated rings. The molecule has 20 heavy (non-hydrogen) atoms. The Labute approximate surface area is 122 Å². The molecule has 3 nitrogen and oxygen atoms in total. The number of aromatic carboxylic acids is 1. The highest BCUT2D eigenvalue weighted by atomic mass is 32.1. The number of ether oxygens (including phenoxy) is 1. The number of hydrogen-bond donors (Lipinski definition) is 1. The molecule has 0 radical (unpaired) electrons. The van der Waals surface area contributed by atoms with Crippen LogP contribution >= 0.6 is 11.3 Å². The smallest absolute Gasteiger partial charge is 0.349 e. The first-order chi connectivity index (χ1) is 9.51. The minimum atomic E-state index is -0.925. The summed E-state index contributed by atoms with van der Waals surface area (Å²) in [5.74, 6) is -0.453. The number of benzene rings is 1. The fourth-order valence-electron chi connectivity index (χ4n) is 1.96. The molecular formula is C16H18O3S. The summed E-state index contributed by atoms with van der Waals surface area (Å²) < 4.78 is 5.73. The Kier molecular flexibility index (Phi) is 4.45. The van der Waals surface area contributed by atoms with Crippen LogP contribution in [0.2, 0.25) is 0 Å². The maximum atomic E-state index is 11.2. The fourth-order valence-corrected chi connectivity index (χ4v) is 2.84. The average molecular weight is 290 g/mol. The molecule has 0 bridgehead atoms. The van der Waals surface area contributed by atoms with Crippen molar-refractivity contribution in [3.63, 3.8) is 0 Å². The lowest BCUT2D eigenvalue weighted by Gasteiger charge is -2.09. The summed E-state index contributed by atoms with van der Waals surface area (Å²) in [4.78, 5) is 12.5. The zero-order valence-corrected chi connectivity index (χ0v) is 12.7. The van der Waals surface area contributed by atoms with Gasteiger partial charge in [0, 0.05) is 4.88 Å². The molecule has 0 unspecified atom stereocenters. The second-order valence-electron chi connectivity index (χ2n) is 4.78. The summed E-state index contributed by atoms with van der Waals surface area (Å²) >= 11 is 1.29. The second-order valence-corrected chi connectivity index (χ2v) is 5.92. The Bertz CT molecular complexity index is 629. The SMILES string of the molecule is CCc1cc(OCc2cc(C)ccc2C)c(C(=O)O)s1. The predicted molar refractivity (Wildman–Crippen MR) is 80.9 cm³/mol. The predicted octanol–water partition coefficient (Wildman–Crippen LogP) is 4.20. The Morgan fingerprint density at radius 1 is 1.30 bits per heavy atom. The van der Waals surface area contributed by atoms with Gasteiger partial charge in [0.05, 0.1) is 0 Å². The van der Waals surface area contributed by atoms with Gasteiger partial charge in [-0.1, -0.05) is 30.7 Å². The van der Waals surface area contributed by atoms with Gasteiger partial charge in [-0.3, -0.25) is 0 Å². The molecule has 1 N–H and O–H groups in total. The Morgan fingerprint density at radius 2 is 2.05 bits per heavy atom. The van der Waals surface area contributed by atoms with Gasteiger partial charge in [0.2, 0.25) is 0 Å².